The third-order valence-electron chi connectivity index (χ3n) is 8.85. The zero-order valence-corrected chi connectivity index (χ0v) is 24.3. The standard InChI is InChI=1S/C40H23NO2S/c1-2-9-27-24(8-1)16-19-32-39-33(12-7-15-38(39)44-40(27)32)41(25-17-20-30-28-10-3-5-13-34(28)42-36(30)22-25)26-18-21-31-29-11-4-6-14-35(29)43-37(31)23-26/h1-23H. The maximum absolute atomic E-state index is 6.37. The van der Waals surface area contributed by atoms with Crippen LogP contribution in [0, 0.1) is 0 Å². The Morgan fingerprint density at radius 2 is 1.00 bits per heavy atom. The van der Waals surface area contributed by atoms with Crippen LogP contribution in [0.1, 0.15) is 0 Å². The molecule has 0 saturated heterocycles. The molecule has 0 radical (unpaired) electrons. The molecule has 44 heavy (non-hydrogen) atoms. The van der Waals surface area contributed by atoms with Crippen molar-refractivity contribution in [3.8, 4) is 0 Å². The SMILES string of the molecule is c1ccc2c(c1)ccc1c2sc2cccc(N(c3ccc4c(c3)oc3ccccc34)c3ccc4c(c3)oc3ccccc34)c21. The molecule has 10 rings (SSSR count). The highest BCUT2D eigenvalue weighted by atomic mass is 32.1. The van der Waals surface area contributed by atoms with Crippen molar-refractivity contribution in [2.75, 3.05) is 4.90 Å². The van der Waals surface area contributed by atoms with Gasteiger partial charge in [0.2, 0.25) is 0 Å². The van der Waals surface area contributed by atoms with Crippen LogP contribution in [-0.4, -0.2) is 0 Å². The number of thiophene rings is 1. The van der Waals surface area contributed by atoms with Gasteiger partial charge in [-0.25, -0.2) is 0 Å². The second-order valence-electron chi connectivity index (χ2n) is 11.3. The number of benzene rings is 7. The molecule has 0 spiro atoms. The summed E-state index contributed by atoms with van der Waals surface area (Å²) in [6, 6.07) is 49.4. The lowest BCUT2D eigenvalue weighted by molar-refractivity contribution is 0.669. The molecule has 4 heteroatoms. The quantitative estimate of drug-likeness (QED) is 0.208. The van der Waals surface area contributed by atoms with Crippen molar-refractivity contribution in [1.29, 1.82) is 0 Å². The van der Waals surface area contributed by atoms with Crippen LogP contribution in [-0.2, 0) is 0 Å². The minimum Gasteiger partial charge on any atom is -0.456 e. The third kappa shape index (κ3) is 3.37. The van der Waals surface area contributed by atoms with Crippen LogP contribution in [0.4, 0.5) is 17.1 Å². The molecule has 3 aromatic heterocycles. The average Bonchev–Trinajstić information content (AvgIpc) is 3.76. The van der Waals surface area contributed by atoms with Crippen molar-refractivity contribution in [2.45, 2.75) is 0 Å². The Balaban J connectivity index is 1.28. The maximum Gasteiger partial charge on any atom is 0.137 e. The molecule has 0 amide bonds. The summed E-state index contributed by atoms with van der Waals surface area (Å²) in [6.45, 7) is 0. The fraction of sp³-hybridized carbons (Fsp3) is 0. The second-order valence-corrected chi connectivity index (χ2v) is 12.4. The molecule has 7 aromatic carbocycles. The zero-order chi connectivity index (χ0) is 28.8. The van der Waals surface area contributed by atoms with Crippen molar-refractivity contribution >= 4 is 103 Å². The molecular weight excluding hydrogens is 559 g/mol. The number of hydrogen-bond acceptors (Lipinski definition) is 4. The van der Waals surface area contributed by atoms with Crippen LogP contribution >= 0.6 is 11.3 Å². The molecule has 3 heterocycles. The molecule has 10 aromatic rings. The van der Waals surface area contributed by atoms with E-state index in [0.717, 1.165) is 60.9 Å². The number of rotatable bonds is 3. The summed E-state index contributed by atoms with van der Waals surface area (Å²) in [5.41, 5.74) is 6.70. The predicted octanol–water partition coefficient (Wildman–Crippen LogP) is 12.5. The van der Waals surface area contributed by atoms with Crippen LogP contribution in [0.5, 0.6) is 0 Å². The van der Waals surface area contributed by atoms with Crippen molar-refractivity contribution < 1.29 is 8.83 Å². The number of anilines is 3. The molecule has 0 bridgehead atoms. The van der Waals surface area contributed by atoms with E-state index in [1.165, 1.54) is 30.9 Å². The lowest BCUT2D eigenvalue weighted by atomic mass is 10.0. The van der Waals surface area contributed by atoms with Gasteiger partial charge < -0.3 is 13.7 Å². The number of furan rings is 2. The minimum absolute atomic E-state index is 0.867. The Kier molecular flexibility index (Phi) is 4.87. The number of hydrogen-bond donors (Lipinski definition) is 0. The highest BCUT2D eigenvalue weighted by Crippen LogP contribution is 2.47. The van der Waals surface area contributed by atoms with Crippen LogP contribution in [0.2, 0.25) is 0 Å². The van der Waals surface area contributed by atoms with Crippen LogP contribution in [0.25, 0.3) is 74.8 Å². The van der Waals surface area contributed by atoms with Gasteiger partial charge in [0.05, 0.1) is 5.69 Å². The van der Waals surface area contributed by atoms with E-state index < -0.39 is 0 Å². The molecule has 0 aliphatic rings. The molecule has 0 aliphatic carbocycles. The van der Waals surface area contributed by atoms with E-state index in [0.29, 0.717) is 0 Å². The van der Waals surface area contributed by atoms with Gasteiger partial charge in [0.1, 0.15) is 22.3 Å². The fourth-order valence-electron chi connectivity index (χ4n) is 6.86. The van der Waals surface area contributed by atoms with E-state index in [1.807, 2.05) is 35.6 Å². The number of nitrogens with zero attached hydrogens (tertiary/aromatic N) is 1. The van der Waals surface area contributed by atoms with Crippen molar-refractivity contribution in [1.82, 2.24) is 0 Å². The summed E-state index contributed by atoms with van der Waals surface area (Å²) >= 11 is 1.86. The van der Waals surface area contributed by atoms with E-state index >= 15 is 0 Å². The summed E-state index contributed by atoms with van der Waals surface area (Å²) < 4.78 is 15.3. The van der Waals surface area contributed by atoms with Crippen LogP contribution in [0.15, 0.2) is 148 Å². The summed E-state index contributed by atoms with van der Waals surface area (Å²) in [6.07, 6.45) is 0. The first-order chi connectivity index (χ1) is 21.8. The fourth-order valence-corrected chi connectivity index (χ4v) is 8.12. The first-order valence-electron chi connectivity index (χ1n) is 14.8. The maximum atomic E-state index is 6.37. The topological polar surface area (TPSA) is 29.5 Å². The second kappa shape index (κ2) is 8.96. The summed E-state index contributed by atoms with van der Waals surface area (Å²) in [5.74, 6) is 0. The lowest BCUT2D eigenvalue weighted by Crippen LogP contribution is -2.10. The van der Waals surface area contributed by atoms with Crippen molar-refractivity contribution in [3.05, 3.63) is 140 Å². The van der Waals surface area contributed by atoms with Crippen LogP contribution in [0.3, 0.4) is 0 Å². The van der Waals surface area contributed by atoms with E-state index in [1.54, 1.807) is 0 Å². The smallest absolute Gasteiger partial charge is 0.137 e. The molecule has 0 fully saturated rings. The molecule has 0 atom stereocenters. The van der Waals surface area contributed by atoms with E-state index in [-0.39, 0.29) is 0 Å². The van der Waals surface area contributed by atoms with E-state index in [4.69, 9.17) is 8.83 Å². The predicted molar refractivity (Wildman–Crippen MR) is 186 cm³/mol. The van der Waals surface area contributed by atoms with Gasteiger partial charge in [-0.15, -0.1) is 11.3 Å². The van der Waals surface area contributed by atoms with Crippen LogP contribution < -0.4 is 4.90 Å². The molecule has 3 nitrogen and oxygen atoms in total. The summed E-state index contributed by atoms with van der Waals surface area (Å²) in [7, 11) is 0. The number of para-hydroxylation sites is 2. The van der Waals surface area contributed by atoms with Gasteiger partial charge in [0.15, 0.2) is 0 Å². The molecule has 0 saturated carbocycles. The van der Waals surface area contributed by atoms with E-state index in [2.05, 4.69) is 120 Å². The molecule has 0 unspecified atom stereocenters. The normalized spacial score (nSPS) is 12.1. The first-order valence-corrected chi connectivity index (χ1v) is 15.6. The highest BCUT2D eigenvalue weighted by molar-refractivity contribution is 7.26. The summed E-state index contributed by atoms with van der Waals surface area (Å²) in [5, 5.41) is 9.54. The lowest BCUT2D eigenvalue weighted by Gasteiger charge is -2.26. The first kappa shape index (κ1) is 23.9. The summed E-state index contributed by atoms with van der Waals surface area (Å²) in [4.78, 5) is 2.35. The Hall–Kier alpha value is -5.58. The zero-order valence-electron chi connectivity index (χ0n) is 23.5. The Bertz CT molecular complexity index is 2630. The number of fused-ring (bicyclic) bond motifs is 11. The largest absolute Gasteiger partial charge is 0.456 e. The van der Waals surface area contributed by atoms with Crippen molar-refractivity contribution in [3.63, 3.8) is 0 Å². The Labute approximate surface area is 255 Å². The monoisotopic (exact) mass is 581 g/mol. The molecule has 206 valence electrons. The van der Waals surface area contributed by atoms with Gasteiger partial charge >= 0.3 is 0 Å². The van der Waals surface area contributed by atoms with Gasteiger partial charge in [-0.05, 0) is 59.3 Å². The molecule has 0 aliphatic heterocycles. The van der Waals surface area contributed by atoms with Gasteiger partial charge in [-0.3, -0.25) is 0 Å². The van der Waals surface area contributed by atoms with Crippen molar-refractivity contribution in [2.24, 2.45) is 0 Å². The average molecular weight is 582 g/mol. The third-order valence-corrected chi connectivity index (χ3v) is 10.1. The highest BCUT2D eigenvalue weighted by Gasteiger charge is 2.21. The minimum atomic E-state index is 0.867. The van der Waals surface area contributed by atoms with E-state index in [9.17, 15) is 0 Å². The van der Waals surface area contributed by atoms with Gasteiger partial charge in [-0.1, -0.05) is 78.9 Å². The van der Waals surface area contributed by atoms with Gasteiger partial charge in [0.25, 0.3) is 0 Å². The Morgan fingerprint density at radius 3 is 1.68 bits per heavy atom. The molecular formula is C40H23NO2S. The molecule has 0 N–H and O–H groups in total. The Morgan fingerprint density at radius 1 is 0.432 bits per heavy atom. The van der Waals surface area contributed by atoms with Gasteiger partial charge in [0, 0.05) is 65.2 Å². The van der Waals surface area contributed by atoms with Gasteiger partial charge in [-0.2, -0.15) is 0 Å².